The molecule has 10 N–H and O–H groups in total. The van der Waals surface area contributed by atoms with Gasteiger partial charge in [-0.15, -0.1) is 0 Å². The first-order valence-electron chi connectivity index (χ1n) is 10.4. The molecule has 0 fully saturated rings. The summed E-state index contributed by atoms with van der Waals surface area (Å²) in [5.74, 6) is -2.50. The zero-order valence-corrected chi connectivity index (χ0v) is 19.7. The average Bonchev–Trinajstić information content (AvgIpc) is 2.74. The van der Waals surface area contributed by atoms with E-state index in [0.717, 1.165) is 0 Å². The van der Waals surface area contributed by atoms with E-state index in [0.29, 0.717) is 38.0 Å². The van der Waals surface area contributed by atoms with E-state index in [4.69, 9.17) is 22.3 Å². The number of thioether (sulfide) groups is 1. The van der Waals surface area contributed by atoms with Crippen LogP contribution in [-0.4, -0.2) is 78.0 Å². The molecule has 32 heavy (non-hydrogen) atoms. The van der Waals surface area contributed by atoms with Gasteiger partial charge in [0.05, 0.1) is 6.04 Å². The lowest BCUT2D eigenvalue weighted by atomic mass is 9.97. The molecule has 13 heteroatoms. The summed E-state index contributed by atoms with van der Waals surface area (Å²) in [7, 11) is 0. The maximum absolute atomic E-state index is 12.9. The van der Waals surface area contributed by atoms with Gasteiger partial charge in [-0.3, -0.25) is 24.2 Å². The van der Waals surface area contributed by atoms with Gasteiger partial charge < -0.3 is 38.3 Å². The number of amides is 3. The van der Waals surface area contributed by atoms with Crippen LogP contribution in [0.15, 0.2) is 4.99 Å². The van der Waals surface area contributed by atoms with Gasteiger partial charge in [0.1, 0.15) is 18.6 Å². The minimum atomic E-state index is -1.19. The molecule has 0 radical (unpaired) electrons. The van der Waals surface area contributed by atoms with Crippen molar-refractivity contribution in [2.24, 2.45) is 28.1 Å². The monoisotopic (exact) mass is 475 g/mol. The first-order valence-corrected chi connectivity index (χ1v) is 11.8. The van der Waals surface area contributed by atoms with Crippen molar-refractivity contribution in [3.05, 3.63) is 0 Å². The van der Waals surface area contributed by atoms with E-state index in [1.807, 2.05) is 13.2 Å². The topological polar surface area (TPSA) is 215 Å². The largest absolute Gasteiger partial charge is 0.480 e. The number of rotatable bonds is 16. The van der Waals surface area contributed by atoms with Gasteiger partial charge >= 0.3 is 5.97 Å². The van der Waals surface area contributed by atoms with E-state index in [-0.39, 0.29) is 11.9 Å². The van der Waals surface area contributed by atoms with Gasteiger partial charge in [-0.25, -0.2) is 0 Å². The van der Waals surface area contributed by atoms with Gasteiger partial charge in [0, 0.05) is 6.54 Å². The highest BCUT2D eigenvalue weighted by Crippen LogP contribution is 2.10. The summed E-state index contributed by atoms with van der Waals surface area (Å²) in [6.45, 7) is 3.46. The Morgan fingerprint density at radius 2 is 1.72 bits per heavy atom. The van der Waals surface area contributed by atoms with Crippen molar-refractivity contribution in [1.29, 1.82) is 0 Å². The van der Waals surface area contributed by atoms with Gasteiger partial charge in [-0.05, 0) is 37.2 Å². The minimum absolute atomic E-state index is 0.0417. The molecule has 0 bridgehead atoms. The fourth-order valence-corrected chi connectivity index (χ4v) is 3.14. The molecule has 0 aromatic rings. The maximum atomic E-state index is 12.9. The number of nitrogens with one attached hydrogen (secondary N) is 3. The first kappa shape index (κ1) is 29.5. The second kappa shape index (κ2) is 16.1. The van der Waals surface area contributed by atoms with Crippen LogP contribution in [0.1, 0.15) is 39.5 Å². The first-order chi connectivity index (χ1) is 15.0. The summed E-state index contributed by atoms with van der Waals surface area (Å²) in [6, 6.07) is -2.68. The number of aliphatic carboxylic acids is 1. The van der Waals surface area contributed by atoms with E-state index < -0.39 is 48.4 Å². The van der Waals surface area contributed by atoms with Gasteiger partial charge in [-0.1, -0.05) is 20.3 Å². The SMILES string of the molecule is CCC(C)C(NC(=O)C(N)CCCN=C(N)N)C(=O)NC(CCSC)C(=O)NCC(=O)O. The molecule has 12 nitrogen and oxygen atoms in total. The molecule has 0 spiro atoms. The van der Waals surface area contributed by atoms with Gasteiger partial charge in [-0.2, -0.15) is 11.8 Å². The van der Waals surface area contributed by atoms with Crippen LogP contribution in [0.3, 0.4) is 0 Å². The van der Waals surface area contributed by atoms with Gasteiger partial charge in [0.25, 0.3) is 0 Å². The van der Waals surface area contributed by atoms with Gasteiger partial charge in [0.15, 0.2) is 5.96 Å². The molecule has 0 saturated carbocycles. The Balaban J connectivity index is 5.15. The van der Waals surface area contributed by atoms with E-state index in [2.05, 4.69) is 20.9 Å². The quantitative estimate of drug-likeness (QED) is 0.0771. The Morgan fingerprint density at radius 3 is 2.25 bits per heavy atom. The van der Waals surface area contributed by atoms with Crippen molar-refractivity contribution >= 4 is 41.4 Å². The van der Waals surface area contributed by atoms with Crippen LogP contribution in [0.4, 0.5) is 0 Å². The molecule has 0 aromatic carbocycles. The predicted octanol–water partition coefficient (Wildman–Crippen LogP) is -1.66. The van der Waals surface area contributed by atoms with Crippen LogP contribution in [-0.2, 0) is 19.2 Å². The third kappa shape index (κ3) is 12.3. The van der Waals surface area contributed by atoms with Crippen molar-refractivity contribution in [2.45, 2.75) is 57.7 Å². The van der Waals surface area contributed by atoms with Crippen molar-refractivity contribution in [2.75, 3.05) is 25.1 Å². The summed E-state index contributed by atoms with van der Waals surface area (Å²) in [5.41, 5.74) is 16.4. The standard InChI is InChI=1S/C19H37N7O5S/c1-4-11(2)15(26-16(29)12(20)6-5-8-23-19(21)22)18(31)25-13(7-9-32-3)17(30)24-10-14(27)28/h11-13,15H,4-10,20H2,1-3H3,(H,24,30)(H,25,31)(H,26,29)(H,27,28)(H4,21,22,23). The number of carboxylic acid groups (broad SMARTS) is 1. The zero-order valence-electron chi connectivity index (χ0n) is 18.9. The number of hydrogen-bond donors (Lipinski definition) is 7. The molecule has 4 atom stereocenters. The number of nitrogens with zero attached hydrogens (tertiary/aromatic N) is 1. The predicted molar refractivity (Wildman–Crippen MR) is 125 cm³/mol. The third-order valence-electron chi connectivity index (χ3n) is 4.76. The highest BCUT2D eigenvalue weighted by molar-refractivity contribution is 7.98. The van der Waals surface area contributed by atoms with Gasteiger partial charge in [0.2, 0.25) is 17.7 Å². The van der Waals surface area contributed by atoms with E-state index in [1.54, 1.807) is 6.92 Å². The summed E-state index contributed by atoms with van der Waals surface area (Å²) >= 11 is 1.48. The number of nitrogens with two attached hydrogens (primary N) is 3. The average molecular weight is 476 g/mol. The molecule has 0 aromatic heterocycles. The number of carbonyl (C=O) groups is 4. The van der Waals surface area contributed by atoms with Crippen LogP contribution in [0, 0.1) is 5.92 Å². The van der Waals surface area contributed by atoms with Crippen molar-refractivity contribution < 1.29 is 24.3 Å². The van der Waals surface area contributed by atoms with Crippen molar-refractivity contribution in [3.8, 4) is 0 Å². The Hall–Kier alpha value is -2.54. The third-order valence-corrected chi connectivity index (χ3v) is 5.40. The molecular weight excluding hydrogens is 438 g/mol. The zero-order chi connectivity index (χ0) is 24.7. The summed E-state index contributed by atoms with van der Waals surface area (Å²) in [5, 5.41) is 16.4. The van der Waals surface area contributed by atoms with Crippen LogP contribution >= 0.6 is 11.8 Å². The van der Waals surface area contributed by atoms with E-state index in [9.17, 15) is 19.2 Å². The van der Waals surface area contributed by atoms with Crippen LogP contribution < -0.4 is 33.2 Å². The smallest absolute Gasteiger partial charge is 0.322 e. The molecule has 0 saturated heterocycles. The summed E-state index contributed by atoms with van der Waals surface area (Å²) in [6.07, 6.45) is 3.58. The Morgan fingerprint density at radius 1 is 1.06 bits per heavy atom. The lowest BCUT2D eigenvalue weighted by Crippen LogP contribution is -2.58. The number of carbonyl (C=O) groups excluding carboxylic acids is 3. The van der Waals surface area contributed by atoms with Crippen molar-refractivity contribution in [1.82, 2.24) is 16.0 Å². The molecular formula is C19H37N7O5S. The van der Waals surface area contributed by atoms with Crippen molar-refractivity contribution in [3.63, 3.8) is 0 Å². The minimum Gasteiger partial charge on any atom is -0.480 e. The highest BCUT2D eigenvalue weighted by Gasteiger charge is 2.31. The van der Waals surface area contributed by atoms with Crippen LogP contribution in [0.5, 0.6) is 0 Å². The Bertz CT molecular complexity index is 658. The second-order valence-corrected chi connectivity index (χ2v) is 8.37. The number of aliphatic imine (C=N–C) groups is 1. The molecule has 0 aliphatic heterocycles. The fourth-order valence-electron chi connectivity index (χ4n) is 2.66. The lowest BCUT2D eigenvalue weighted by molar-refractivity contribution is -0.138. The molecule has 0 aliphatic rings. The molecule has 184 valence electrons. The molecule has 0 aliphatic carbocycles. The van der Waals surface area contributed by atoms with Crippen LogP contribution in [0.2, 0.25) is 0 Å². The number of carboxylic acids is 1. The Kier molecular flexibility index (Phi) is 14.9. The molecule has 3 amide bonds. The molecule has 0 heterocycles. The Labute approximate surface area is 192 Å². The normalized spacial score (nSPS) is 14.4. The van der Waals surface area contributed by atoms with E-state index >= 15 is 0 Å². The second-order valence-electron chi connectivity index (χ2n) is 7.38. The number of guanidine groups is 1. The summed E-state index contributed by atoms with van der Waals surface area (Å²) in [4.78, 5) is 52.4. The van der Waals surface area contributed by atoms with E-state index in [1.165, 1.54) is 11.8 Å². The maximum Gasteiger partial charge on any atom is 0.322 e. The fraction of sp³-hybridized carbons (Fsp3) is 0.737. The number of hydrogen-bond acceptors (Lipinski definition) is 7. The molecule has 4 unspecified atom stereocenters. The van der Waals surface area contributed by atoms with Crippen LogP contribution in [0.25, 0.3) is 0 Å². The highest BCUT2D eigenvalue weighted by atomic mass is 32.2. The molecule has 0 rings (SSSR count). The summed E-state index contributed by atoms with van der Waals surface area (Å²) < 4.78 is 0. The lowest BCUT2D eigenvalue weighted by Gasteiger charge is -2.27.